The minimum Gasteiger partial charge on any atom is -0.352 e. The molecule has 0 radical (unpaired) electrons. The standard InChI is InChI=1S/C14H24N2O/c1-5-7-11(2)16-13(17)14(3,4)12-8-6-9-15-10-12/h1,11-12,15H,6-10H2,2-4H3,(H,16,17). The zero-order chi connectivity index (χ0) is 12.9. The van der Waals surface area contributed by atoms with E-state index in [4.69, 9.17) is 6.42 Å². The Kier molecular flexibility index (Phi) is 5.02. The van der Waals surface area contributed by atoms with Gasteiger partial charge in [-0.05, 0) is 38.8 Å². The molecule has 1 saturated heterocycles. The van der Waals surface area contributed by atoms with E-state index in [1.807, 2.05) is 20.8 Å². The van der Waals surface area contributed by atoms with Crippen LogP contribution in [-0.2, 0) is 4.79 Å². The fraction of sp³-hybridized carbons (Fsp3) is 0.786. The molecule has 1 heterocycles. The minimum absolute atomic E-state index is 0.0586. The van der Waals surface area contributed by atoms with E-state index in [9.17, 15) is 4.79 Å². The number of hydrogen-bond donors (Lipinski definition) is 2. The highest BCUT2D eigenvalue weighted by molar-refractivity contribution is 5.82. The van der Waals surface area contributed by atoms with Gasteiger partial charge in [0.05, 0.1) is 0 Å². The minimum atomic E-state index is -0.323. The van der Waals surface area contributed by atoms with Crippen molar-refractivity contribution < 1.29 is 4.79 Å². The van der Waals surface area contributed by atoms with E-state index in [1.54, 1.807) is 0 Å². The molecule has 0 aliphatic carbocycles. The molecule has 3 nitrogen and oxygen atoms in total. The molecule has 0 saturated carbocycles. The lowest BCUT2D eigenvalue weighted by Gasteiger charge is -2.36. The Morgan fingerprint density at radius 1 is 1.65 bits per heavy atom. The van der Waals surface area contributed by atoms with E-state index in [0.717, 1.165) is 25.9 Å². The molecule has 2 atom stereocenters. The van der Waals surface area contributed by atoms with Crippen LogP contribution < -0.4 is 10.6 Å². The van der Waals surface area contributed by atoms with Crippen molar-refractivity contribution in [3.63, 3.8) is 0 Å². The number of amides is 1. The van der Waals surface area contributed by atoms with Crippen molar-refractivity contribution >= 4 is 5.91 Å². The van der Waals surface area contributed by atoms with Crippen LogP contribution in [0.25, 0.3) is 0 Å². The number of carbonyl (C=O) groups excluding carboxylic acids is 1. The molecule has 1 aliphatic rings. The van der Waals surface area contributed by atoms with E-state index >= 15 is 0 Å². The van der Waals surface area contributed by atoms with Gasteiger partial charge >= 0.3 is 0 Å². The molecule has 17 heavy (non-hydrogen) atoms. The van der Waals surface area contributed by atoms with E-state index in [1.165, 1.54) is 0 Å². The third kappa shape index (κ3) is 3.74. The van der Waals surface area contributed by atoms with Crippen LogP contribution in [0.5, 0.6) is 0 Å². The lowest BCUT2D eigenvalue weighted by molar-refractivity contribution is -0.133. The summed E-state index contributed by atoms with van der Waals surface area (Å²) in [7, 11) is 0. The van der Waals surface area contributed by atoms with Gasteiger partial charge in [0.2, 0.25) is 5.91 Å². The summed E-state index contributed by atoms with van der Waals surface area (Å²) >= 11 is 0. The van der Waals surface area contributed by atoms with Crippen molar-refractivity contribution in [2.75, 3.05) is 13.1 Å². The predicted octanol–water partition coefficient (Wildman–Crippen LogP) is 1.54. The van der Waals surface area contributed by atoms with Gasteiger partial charge < -0.3 is 10.6 Å². The molecule has 2 unspecified atom stereocenters. The molecule has 96 valence electrons. The number of piperidine rings is 1. The molecule has 1 fully saturated rings. The summed E-state index contributed by atoms with van der Waals surface area (Å²) in [6, 6.07) is 0.0586. The second kappa shape index (κ2) is 6.07. The molecule has 0 aromatic rings. The van der Waals surface area contributed by atoms with Crippen molar-refractivity contribution in [3.8, 4) is 12.3 Å². The average molecular weight is 236 g/mol. The molecule has 1 rings (SSSR count). The largest absolute Gasteiger partial charge is 0.352 e. The zero-order valence-electron chi connectivity index (χ0n) is 11.2. The summed E-state index contributed by atoms with van der Waals surface area (Å²) in [5.41, 5.74) is -0.323. The maximum absolute atomic E-state index is 12.2. The van der Waals surface area contributed by atoms with E-state index in [0.29, 0.717) is 12.3 Å². The lowest BCUT2D eigenvalue weighted by Crippen LogP contribution is -2.49. The first kappa shape index (κ1) is 14.1. The Morgan fingerprint density at radius 2 is 2.35 bits per heavy atom. The molecule has 0 spiro atoms. The van der Waals surface area contributed by atoms with Crippen LogP contribution in [0.4, 0.5) is 0 Å². The average Bonchev–Trinajstić information content (AvgIpc) is 2.30. The van der Waals surface area contributed by atoms with Crippen molar-refractivity contribution in [1.29, 1.82) is 0 Å². The van der Waals surface area contributed by atoms with E-state index < -0.39 is 0 Å². The number of rotatable bonds is 4. The summed E-state index contributed by atoms with van der Waals surface area (Å²) in [6.45, 7) is 8.02. The highest BCUT2D eigenvalue weighted by atomic mass is 16.2. The van der Waals surface area contributed by atoms with Crippen LogP contribution in [0.3, 0.4) is 0 Å². The second-order valence-corrected chi connectivity index (χ2v) is 5.55. The summed E-state index contributed by atoms with van der Waals surface area (Å²) in [5, 5.41) is 6.37. The maximum Gasteiger partial charge on any atom is 0.226 e. The molecule has 2 N–H and O–H groups in total. The molecular weight excluding hydrogens is 212 g/mol. The highest BCUT2D eigenvalue weighted by Crippen LogP contribution is 2.32. The van der Waals surface area contributed by atoms with Gasteiger partial charge in [-0.25, -0.2) is 0 Å². The first-order valence-electron chi connectivity index (χ1n) is 6.43. The van der Waals surface area contributed by atoms with Crippen molar-refractivity contribution in [1.82, 2.24) is 10.6 Å². The fourth-order valence-electron chi connectivity index (χ4n) is 2.29. The highest BCUT2D eigenvalue weighted by Gasteiger charge is 2.37. The van der Waals surface area contributed by atoms with E-state index in [2.05, 4.69) is 16.6 Å². The van der Waals surface area contributed by atoms with Gasteiger partial charge in [0.1, 0.15) is 0 Å². The molecule has 0 aromatic heterocycles. The van der Waals surface area contributed by atoms with Gasteiger partial charge in [-0.3, -0.25) is 4.79 Å². The van der Waals surface area contributed by atoms with Gasteiger partial charge in [-0.2, -0.15) is 0 Å². The maximum atomic E-state index is 12.2. The normalized spacial score (nSPS) is 22.6. The first-order valence-corrected chi connectivity index (χ1v) is 6.43. The molecular formula is C14H24N2O. The van der Waals surface area contributed by atoms with Crippen LogP contribution in [0.15, 0.2) is 0 Å². The summed E-state index contributed by atoms with van der Waals surface area (Å²) in [4.78, 5) is 12.2. The van der Waals surface area contributed by atoms with Gasteiger partial charge in [-0.1, -0.05) is 13.8 Å². The number of nitrogens with one attached hydrogen (secondary N) is 2. The zero-order valence-corrected chi connectivity index (χ0v) is 11.2. The number of hydrogen-bond acceptors (Lipinski definition) is 2. The van der Waals surface area contributed by atoms with Gasteiger partial charge in [-0.15, -0.1) is 12.3 Å². The molecule has 1 aliphatic heterocycles. The monoisotopic (exact) mass is 236 g/mol. The van der Waals surface area contributed by atoms with Crippen LogP contribution >= 0.6 is 0 Å². The summed E-state index contributed by atoms with van der Waals surface area (Å²) in [6.07, 6.45) is 8.11. The van der Waals surface area contributed by atoms with Crippen molar-refractivity contribution in [3.05, 3.63) is 0 Å². The predicted molar refractivity (Wildman–Crippen MR) is 70.4 cm³/mol. The third-order valence-electron chi connectivity index (χ3n) is 3.70. The van der Waals surface area contributed by atoms with Gasteiger partial charge in [0, 0.05) is 17.9 Å². The van der Waals surface area contributed by atoms with Crippen molar-refractivity contribution in [2.24, 2.45) is 11.3 Å². The Morgan fingerprint density at radius 3 is 2.88 bits per heavy atom. The molecule has 0 bridgehead atoms. The van der Waals surface area contributed by atoms with Gasteiger partial charge in [0.25, 0.3) is 0 Å². The van der Waals surface area contributed by atoms with E-state index in [-0.39, 0.29) is 17.4 Å². The third-order valence-corrected chi connectivity index (χ3v) is 3.70. The molecule has 3 heteroatoms. The topological polar surface area (TPSA) is 41.1 Å². The van der Waals surface area contributed by atoms with Crippen LogP contribution in [-0.4, -0.2) is 25.0 Å². The Balaban J connectivity index is 2.56. The number of carbonyl (C=O) groups is 1. The van der Waals surface area contributed by atoms with Gasteiger partial charge in [0.15, 0.2) is 0 Å². The Labute approximate surface area is 105 Å². The summed E-state index contributed by atoms with van der Waals surface area (Å²) in [5.74, 6) is 3.11. The SMILES string of the molecule is C#CCC(C)NC(=O)C(C)(C)C1CCCNC1. The van der Waals surface area contributed by atoms with Crippen molar-refractivity contribution in [2.45, 2.75) is 46.1 Å². The Bertz CT molecular complexity index is 298. The smallest absolute Gasteiger partial charge is 0.226 e. The quantitative estimate of drug-likeness (QED) is 0.727. The lowest BCUT2D eigenvalue weighted by atomic mass is 9.74. The Hall–Kier alpha value is -1.01. The fourth-order valence-corrected chi connectivity index (χ4v) is 2.29. The molecule has 1 amide bonds. The summed E-state index contributed by atoms with van der Waals surface area (Å²) < 4.78 is 0. The van der Waals surface area contributed by atoms with Crippen LogP contribution in [0.2, 0.25) is 0 Å². The first-order chi connectivity index (χ1) is 7.98. The van der Waals surface area contributed by atoms with Crippen LogP contribution in [0.1, 0.15) is 40.0 Å². The second-order valence-electron chi connectivity index (χ2n) is 5.55. The number of terminal acetylenes is 1. The molecule has 0 aromatic carbocycles. The van der Waals surface area contributed by atoms with Crippen LogP contribution in [0, 0.1) is 23.7 Å².